The van der Waals surface area contributed by atoms with Gasteiger partial charge in [0.2, 0.25) is 0 Å². The number of aromatic nitrogens is 1. The predicted octanol–water partition coefficient (Wildman–Crippen LogP) is 6.31. The maximum absolute atomic E-state index is 6.42. The molecular formula is C22H25Cl2N2O3P. The van der Waals surface area contributed by atoms with E-state index in [2.05, 4.69) is 41.7 Å². The summed E-state index contributed by atoms with van der Waals surface area (Å²) in [5.74, 6) is 0.844. The molecule has 0 spiro atoms. The summed E-state index contributed by atoms with van der Waals surface area (Å²) >= 11 is 12.4. The predicted molar refractivity (Wildman–Crippen MR) is 124 cm³/mol. The zero-order valence-electron chi connectivity index (χ0n) is 17.3. The fraction of sp³-hybridized carbons (Fsp3) is 0.364. The molecule has 30 heavy (non-hydrogen) atoms. The maximum atomic E-state index is 6.42. The number of methoxy groups -OCH3 is 1. The number of ether oxygens (including phenoxy) is 1. The molecule has 0 saturated carbocycles. The van der Waals surface area contributed by atoms with Crippen LogP contribution in [0.25, 0.3) is 10.9 Å². The third-order valence-electron chi connectivity index (χ3n) is 5.13. The van der Waals surface area contributed by atoms with Gasteiger partial charge in [-0.05, 0) is 68.0 Å². The molecule has 3 aromatic rings. The van der Waals surface area contributed by atoms with Crippen molar-refractivity contribution in [1.82, 2.24) is 9.24 Å². The van der Waals surface area contributed by atoms with E-state index in [1.165, 1.54) is 10.9 Å². The Hall–Kier alpha value is -1.33. The highest BCUT2D eigenvalue weighted by molar-refractivity contribution is 7.45. The van der Waals surface area contributed by atoms with Crippen molar-refractivity contribution in [3.05, 3.63) is 63.8 Å². The van der Waals surface area contributed by atoms with Crippen molar-refractivity contribution in [3.8, 4) is 5.75 Å². The third-order valence-corrected chi connectivity index (χ3v) is 7.09. The Balaban J connectivity index is 1.67. The molecule has 1 aromatic heterocycles. The topological polar surface area (TPSA) is 35.9 Å². The Morgan fingerprint density at radius 3 is 2.63 bits per heavy atom. The molecule has 2 heterocycles. The van der Waals surface area contributed by atoms with Crippen LogP contribution in [-0.2, 0) is 15.5 Å². The first-order valence-electron chi connectivity index (χ1n) is 9.83. The van der Waals surface area contributed by atoms with Gasteiger partial charge in [-0.2, -0.15) is 0 Å². The van der Waals surface area contributed by atoms with Gasteiger partial charge in [-0.3, -0.25) is 4.34 Å². The van der Waals surface area contributed by atoms with Gasteiger partial charge < -0.3 is 18.7 Å². The number of nitrogens with zero attached hydrogens (tertiary/aromatic N) is 2. The van der Waals surface area contributed by atoms with Crippen molar-refractivity contribution in [2.24, 2.45) is 0 Å². The van der Waals surface area contributed by atoms with E-state index in [0.29, 0.717) is 16.7 Å². The second-order valence-corrected chi connectivity index (χ2v) is 9.84. The molecule has 160 valence electrons. The smallest absolute Gasteiger partial charge is 0.294 e. The molecule has 0 radical (unpaired) electrons. The van der Waals surface area contributed by atoms with Crippen LogP contribution in [0.15, 0.2) is 42.6 Å². The van der Waals surface area contributed by atoms with E-state index in [-0.39, 0.29) is 6.10 Å². The first-order valence-corrected chi connectivity index (χ1v) is 11.7. The highest BCUT2D eigenvalue weighted by Crippen LogP contribution is 2.52. The summed E-state index contributed by atoms with van der Waals surface area (Å²) in [6, 6.07) is 11.7. The van der Waals surface area contributed by atoms with Crippen LogP contribution in [0.5, 0.6) is 5.75 Å². The van der Waals surface area contributed by atoms with Crippen LogP contribution in [0, 0.1) is 0 Å². The van der Waals surface area contributed by atoms with Gasteiger partial charge in [0.1, 0.15) is 5.75 Å². The van der Waals surface area contributed by atoms with E-state index in [4.69, 9.17) is 37.0 Å². The van der Waals surface area contributed by atoms with Crippen molar-refractivity contribution in [2.75, 3.05) is 34.4 Å². The van der Waals surface area contributed by atoms with Crippen LogP contribution in [0.3, 0.4) is 0 Å². The van der Waals surface area contributed by atoms with Crippen LogP contribution in [0.4, 0.5) is 0 Å². The number of fused-ring (bicyclic) bond motifs is 1. The van der Waals surface area contributed by atoms with Crippen molar-refractivity contribution in [3.63, 3.8) is 0 Å². The minimum atomic E-state index is -1.29. The van der Waals surface area contributed by atoms with Gasteiger partial charge in [0.05, 0.1) is 25.3 Å². The van der Waals surface area contributed by atoms with E-state index in [1.54, 1.807) is 13.2 Å². The molecule has 1 aliphatic rings. The Kier molecular flexibility index (Phi) is 6.88. The van der Waals surface area contributed by atoms with Crippen LogP contribution >= 0.6 is 31.7 Å². The summed E-state index contributed by atoms with van der Waals surface area (Å²) in [5.41, 5.74) is 3.31. The molecule has 1 aliphatic heterocycles. The van der Waals surface area contributed by atoms with Gasteiger partial charge in [-0.1, -0.05) is 23.2 Å². The van der Waals surface area contributed by atoms with Crippen LogP contribution in [0.2, 0.25) is 10.0 Å². The monoisotopic (exact) mass is 466 g/mol. The molecule has 4 rings (SSSR count). The second-order valence-electron chi connectivity index (χ2n) is 7.59. The fourth-order valence-electron chi connectivity index (χ4n) is 3.60. The summed E-state index contributed by atoms with van der Waals surface area (Å²) in [7, 11) is 4.56. The minimum absolute atomic E-state index is 0.109. The van der Waals surface area contributed by atoms with Crippen LogP contribution < -0.4 is 4.74 Å². The SMILES string of the molecule is COc1ccc2c(c1)c(CCN(C)C)cn2P1OCCC(c2cc(Cl)cc(Cl)c2)O1. The number of halogens is 2. The summed E-state index contributed by atoms with van der Waals surface area (Å²) in [4.78, 5) is 2.18. The van der Waals surface area contributed by atoms with Crippen LogP contribution in [0.1, 0.15) is 23.7 Å². The molecule has 0 bridgehead atoms. The molecule has 0 N–H and O–H groups in total. The van der Waals surface area contributed by atoms with E-state index in [9.17, 15) is 0 Å². The molecule has 2 aromatic carbocycles. The zero-order chi connectivity index (χ0) is 21.3. The number of hydrogen-bond acceptors (Lipinski definition) is 4. The van der Waals surface area contributed by atoms with Crippen molar-refractivity contribution in [2.45, 2.75) is 18.9 Å². The third kappa shape index (κ3) is 4.77. The first kappa shape index (κ1) is 21.9. The standard InChI is InChI=1S/C22H25Cl2N2O3P/c1-25(2)8-6-15-14-26(21-5-4-19(27-3)13-20(15)21)30-28-9-7-22(29-30)16-10-17(23)12-18(24)11-16/h4-5,10-14,22H,6-9H2,1-3H3. The normalized spacial score (nSPS) is 19.5. The molecule has 0 amide bonds. The Morgan fingerprint density at radius 2 is 1.93 bits per heavy atom. The molecule has 2 atom stereocenters. The number of likely N-dealkylation sites (N-methyl/N-ethyl adjacent to an activating group) is 1. The first-order chi connectivity index (χ1) is 14.4. The van der Waals surface area contributed by atoms with E-state index in [0.717, 1.165) is 36.2 Å². The molecule has 0 aliphatic carbocycles. The molecule has 2 unspecified atom stereocenters. The number of benzene rings is 2. The van der Waals surface area contributed by atoms with Gasteiger partial charge in [-0.25, -0.2) is 0 Å². The molecule has 8 heteroatoms. The quantitative estimate of drug-likeness (QED) is 0.398. The molecule has 5 nitrogen and oxygen atoms in total. The van der Waals surface area contributed by atoms with Crippen molar-refractivity contribution >= 4 is 42.6 Å². The zero-order valence-corrected chi connectivity index (χ0v) is 19.7. The Labute approximate surface area is 188 Å². The van der Waals surface area contributed by atoms with Gasteiger partial charge in [-0.15, -0.1) is 0 Å². The largest absolute Gasteiger partial charge is 0.497 e. The van der Waals surface area contributed by atoms with E-state index < -0.39 is 8.53 Å². The Morgan fingerprint density at radius 1 is 1.17 bits per heavy atom. The average molecular weight is 467 g/mol. The minimum Gasteiger partial charge on any atom is -0.497 e. The summed E-state index contributed by atoms with van der Waals surface area (Å²) in [5, 5.41) is 2.39. The average Bonchev–Trinajstić information content (AvgIpc) is 3.09. The number of hydrogen-bond donors (Lipinski definition) is 0. The summed E-state index contributed by atoms with van der Waals surface area (Å²) in [6.45, 7) is 1.57. The second kappa shape index (κ2) is 9.44. The van der Waals surface area contributed by atoms with Crippen LogP contribution in [-0.4, -0.2) is 43.6 Å². The lowest BCUT2D eigenvalue weighted by Crippen LogP contribution is -2.15. The van der Waals surface area contributed by atoms with Gasteiger partial charge in [0.15, 0.2) is 0 Å². The highest BCUT2D eigenvalue weighted by Gasteiger charge is 2.29. The summed E-state index contributed by atoms with van der Waals surface area (Å²) in [6.07, 6.45) is 3.74. The maximum Gasteiger partial charge on any atom is 0.294 e. The van der Waals surface area contributed by atoms with Crippen molar-refractivity contribution < 1.29 is 13.8 Å². The molecular weight excluding hydrogens is 442 g/mol. The van der Waals surface area contributed by atoms with E-state index >= 15 is 0 Å². The van der Waals surface area contributed by atoms with Crippen molar-refractivity contribution in [1.29, 1.82) is 0 Å². The summed E-state index contributed by atoms with van der Waals surface area (Å²) < 4.78 is 20.1. The van der Waals surface area contributed by atoms with Gasteiger partial charge in [0.25, 0.3) is 8.53 Å². The van der Waals surface area contributed by atoms with E-state index in [1.807, 2.05) is 18.2 Å². The Bertz CT molecular complexity index is 1020. The lowest BCUT2D eigenvalue weighted by atomic mass is 10.1. The highest BCUT2D eigenvalue weighted by atomic mass is 35.5. The molecule has 1 fully saturated rings. The lowest BCUT2D eigenvalue weighted by molar-refractivity contribution is 0.105. The molecule has 1 saturated heterocycles. The lowest BCUT2D eigenvalue weighted by Gasteiger charge is -2.30. The van der Waals surface area contributed by atoms with Gasteiger partial charge in [0, 0.05) is 34.6 Å². The number of rotatable bonds is 6. The van der Waals surface area contributed by atoms with Gasteiger partial charge >= 0.3 is 0 Å². The fourth-order valence-corrected chi connectivity index (χ4v) is 5.72.